The van der Waals surface area contributed by atoms with Gasteiger partial charge in [0.05, 0.1) is 11.6 Å². The maximum atomic E-state index is 12.7. The van der Waals surface area contributed by atoms with Crippen molar-refractivity contribution in [2.75, 3.05) is 31.1 Å². The van der Waals surface area contributed by atoms with Crippen LogP contribution in [0, 0.1) is 5.92 Å². The number of carbonyl (C=O) groups is 2. The second-order valence-electron chi connectivity index (χ2n) is 7.72. The van der Waals surface area contributed by atoms with Crippen LogP contribution in [0.2, 0.25) is 0 Å². The normalized spacial score (nSPS) is 21.4. The number of allylic oxidation sites excluding steroid dienone is 1. The number of hydrogen-bond acceptors (Lipinski definition) is 3. The van der Waals surface area contributed by atoms with Gasteiger partial charge in [0.1, 0.15) is 0 Å². The van der Waals surface area contributed by atoms with Crippen molar-refractivity contribution in [3.63, 3.8) is 0 Å². The van der Waals surface area contributed by atoms with Crippen LogP contribution in [0.4, 0.5) is 5.69 Å². The Morgan fingerprint density at radius 3 is 2.63 bits per heavy atom. The number of likely N-dealkylation sites (tertiary alicyclic amines) is 1. The van der Waals surface area contributed by atoms with Crippen molar-refractivity contribution >= 4 is 33.4 Å². The van der Waals surface area contributed by atoms with Gasteiger partial charge >= 0.3 is 0 Å². The zero-order valence-corrected chi connectivity index (χ0v) is 17.7. The monoisotopic (exact) mass is 433 g/mol. The van der Waals surface area contributed by atoms with Gasteiger partial charge in [0.25, 0.3) is 0 Å². The van der Waals surface area contributed by atoms with Gasteiger partial charge in [0.2, 0.25) is 11.8 Å². The van der Waals surface area contributed by atoms with Gasteiger partial charge in [-0.15, -0.1) is 0 Å². The molecule has 1 atom stereocenters. The van der Waals surface area contributed by atoms with Crippen LogP contribution in [0.15, 0.2) is 40.4 Å². The Morgan fingerprint density at radius 2 is 1.96 bits per heavy atom. The summed E-state index contributed by atoms with van der Waals surface area (Å²) in [5, 5.41) is 3.18. The smallest absolute Gasteiger partial charge is 0.227 e. The van der Waals surface area contributed by atoms with Crippen molar-refractivity contribution in [3.05, 3.63) is 40.4 Å². The molecule has 27 heavy (non-hydrogen) atoms. The molecule has 3 rings (SSSR count). The molecule has 0 saturated carbocycles. The fourth-order valence-electron chi connectivity index (χ4n) is 3.68. The van der Waals surface area contributed by atoms with Crippen LogP contribution in [0.3, 0.4) is 0 Å². The highest BCUT2D eigenvalue weighted by Gasteiger charge is 2.36. The van der Waals surface area contributed by atoms with E-state index in [0.29, 0.717) is 6.54 Å². The molecule has 2 aliphatic rings. The van der Waals surface area contributed by atoms with E-state index in [9.17, 15) is 9.59 Å². The summed E-state index contributed by atoms with van der Waals surface area (Å²) in [7, 11) is 0. The lowest BCUT2D eigenvalue weighted by Crippen LogP contribution is -2.46. The largest absolute Gasteiger partial charge is 0.353 e. The maximum Gasteiger partial charge on any atom is 0.227 e. The van der Waals surface area contributed by atoms with E-state index in [0.717, 1.165) is 42.6 Å². The highest BCUT2D eigenvalue weighted by atomic mass is 79.9. The fourth-order valence-corrected chi connectivity index (χ4v) is 4.18. The molecular weight excluding hydrogens is 406 g/mol. The molecule has 0 radical (unpaired) electrons. The fraction of sp³-hybridized carbons (Fsp3) is 0.524. The van der Waals surface area contributed by atoms with Gasteiger partial charge in [-0.2, -0.15) is 0 Å². The van der Waals surface area contributed by atoms with Crippen LogP contribution in [-0.4, -0.2) is 48.9 Å². The third kappa shape index (κ3) is 5.20. The predicted octanol–water partition coefficient (Wildman–Crippen LogP) is 3.35. The summed E-state index contributed by atoms with van der Waals surface area (Å²) in [5.41, 5.74) is 2.18. The molecule has 0 bridgehead atoms. The van der Waals surface area contributed by atoms with Gasteiger partial charge in [-0.1, -0.05) is 23.8 Å². The van der Waals surface area contributed by atoms with Crippen LogP contribution in [0.5, 0.6) is 0 Å². The Morgan fingerprint density at radius 1 is 1.26 bits per heavy atom. The Labute approximate surface area is 169 Å². The van der Waals surface area contributed by atoms with Gasteiger partial charge in [-0.05, 0) is 54.8 Å². The number of rotatable bonds is 5. The van der Waals surface area contributed by atoms with Gasteiger partial charge in [-0.3, -0.25) is 14.5 Å². The SMILES string of the molecule is CC(C)=CCN1CCC(NC(=O)C2CC(=O)N(c3ccccc3Br)C2)CC1. The van der Waals surface area contributed by atoms with Crippen LogP contribution in [0.25, 0.3) is 0 Å². The first kappa shape index (κ1) is 20.1. The summed E-state index contributed by atoms with van der Waals surface area (Å²) >= 11 is 3.49. The van der Waals surface area contributed by atoms with Crippen molar-refractivity contribution in [1.29, 1.82) is 0 Å². The number of para-hydroxylation sites is 1. The van der Waals surface area contributed by atoms with Crippen LogP contribution < -0.4 is 10.2 Å². The molecule has 0 spiro atoms. The molecule has 2 amide bonds. The number of halogens is 1. The molecule has 2 aliphatic heterocycles. The van der Waals surface area contributed by atoms with Crippen molar-refractivity contribution in [3.8, 4) is 0 Å². The topological polar surface area (TPSA) is 52.7 Å². The quantitative estimate of drug-likeness (QED) is 0.724. The van der Waals surface area contributed by atoms with E-state index in [1.54, 1.807) is 4.90 Å². The maximum absolute atomic E-state index is 12.7. The van der Waals surface area contributed by atoms with Crippen LogP contribution >= 0.6 is 15.9 Å². The highest BCUT2D eigenvalue weighted by Crippen LogP contribution is 2.31. The Kier molecular flexibility index (Phi) is 6.71. The van der Waals surface area contributed by atoms with Crippen molar-refractivity contribution in [2.24, 2.45) is 5.92 Å². The average molecular weight is 434 g/mol. The van der Waals surface area contributed by atoms with E-state index in [1.165, 1.54) is 5.57 Å². The van der Waals surface area contributed by atoms with Crippen LogP contribution in [-0.2, 0) is 9.59 Å². The Hall–Kier alpha value is -1.66. The van der Waals surface area contributed by atoms with Gasteiger partial charge in [0.15, 0.2) is 0 Å². The standard InChI is InChI=1S/C21H28BrN3O2/c1-15(2)7-10-24-11-8-17(9-12-24)23-21(27)16-13-20(26)25(14-16)19-6-4-3-5-18(19)22/h3-7,16-17H,8-14H2,1-2H3,(H,23,27). The first-order valence-electron chi connectivity index (χ1n) is 9.65. The molecule has 6 heteroatoms. The third-order valence-electron chi connectivity index (χ3n) is 5.33. The molecule has 146 valence electrons. The zero-order chi connectivity index (χ0) is 19.4. The average Bonchev–Trinajstić information content (AvgIpc) is 3.03. The number of nitrogens with one attached hydrogen (secondary N) is 1. The summed E-state index contributed by atoms with van der Waals surface area (Å²) in [6.45, 7) is 7.68. The lowest BCUT2D eigenvalue weighted by Gasteiger charge is -2.32. The Bertz CT molecular complexity index is 722. The molecule has 2 fully saturated rings. The highest BCUT2D eigenvalue weighted by molar-refractivity contribution is 9.10. The minimum absolute atomic E-state index is 0.0126. The molecule has 1 unspecified atom stereocenters. The van der Waals surface area contributed by atoms with Crippen molar-refractivity contribution in [2.45, 2.75) is 39.2 Å². The summed E-state index contributed by atoms with van der Waals surface area (Å²) in [6.07, 6.45) is 4.47. The second kappa shape index (κ2) is 9.02. The summed E-state index contributed by atoms with van der Waals surface area (Å²) in [5.74, 6) is -0.243. The summed E-state index contributed by atoms with van der Waals surface area (Å²) in [4.78, 5) is 29.2. The predicted molar refractivity (Wildman–Crippen MR) is 112 cm³/mol. The first-order valence-corrected chi connectivity index (χ1v) is 10.4. The minimum Gasteiger partial charge on any atom is -0.353 e. The number of piperidine rings is 1. The van der Waals surface area contributed by atoms with Crippen molar-refractivity contribution in [1.82, 2.24) is 10.2 Å². The molecule has 2 heterocycles. The molecular formula is C21H28BrN3O2. The number of amides is 2. The molecule has 1 aromatic rings. The first-order chi connectivity index (χ1) is 12.9. The molecule has 2 saturated heterocycles. The lowest BCUT2D eigenvalue weighted by molar-refractivity contribution is -0.127. The van der Waals surface area contributed by atoms with E-state index in [4.69, 9.17) is 0 Å². The van der Waals surface area contributed by atoms with Crippen LogP contribution in [0.1, 0.15) is 33.1 Å². The minimum atomic E-state index is -0.270. The van der Waals surface area contributed by atoms with E-state index in [1.807, 2.05) is 24.3 Å². The van der Waals surface area contributed by atoms with E-state index >= 15 is 0 Å². The zero-order valence-electron chi connectivity index (χ0n) is 16.1. The van der Waals surface area contributed by atoms with E-state index < -0.39 is 0 Å². The molecule has 0 aromatic heterocycles. The lowest BCUT2D eigenvalue weighted by atomic mass is 10.0. The summed E-state index contributed by atoms with van der Waals surface area (Å²) in [6, 6.07) is 7.86. The second-order valence-corrected chi connectivity index (χ2v) is 8.58. The Balaban J connectivity index is 1.50. The van der Waals surface area contributed by atoms with Gasteiger partial charge in [0, 0.05) is 43.1 Å². The number of anilines is 1. The van der Waals surface area contributed by atoms with Crippen molar-refractivity contribution < 1.29 is 9.59 Å². The number of benzene rings is 1. The molecule has 0 aliphatic carbocycles. The molecule has 1 aromatic carbocycles. The number of hydrogen-bond donors (Lipinski definition) is 1. The third-order valence-corrected chi connectivity index (χ3v) is 6.00. The van der Waals surface area contributed by atoms with E-state index in [2.05, 4.69) is 46.1 Å². The van der Waals surface area contributed by atoms with Gasteiger partial charge in [-0.25, -0.2) is 0 Å². The molecule has 1 N–H and O–H groups in total. The van der Waals surface area contributed by atoms with Gasteiger partial charge < -0.3 is 10.2 Å². The molecule has 5 nitrogen and oxygen atoms in total. The number of nitrogens with zero attached hydrogens (tertiary/aromatic N) is 2. The van der Waals surface area contributed by atoms with E-state index in [-0.39, 0.29) is 30.2 Å². The summed E-state index contributed by atoms with van der Waals surface area (Å²) < 4.78 is 0.878. The number of carbonyl (C=O) groups excluding carboxylic acids is 2.